The molecule has 4 nitrogen and oxygen atoms in total. The van der Waals surface area contributed by atoms with E-state index in [1.54, 1.807) is 6.20 Å². The van der Waals surface area contributed by atoms with Crippen molar-refractivity contribution in [1.29, 1.82) is 0 Å². The summed E-state index contributed by atoms with van der Waals surface area (Å²) in [5.41, 5.74) is 0.904. The highest BCUT2D eigenvalue weighted by Gasteiger charge is 2.23. The number of pyridine rings is 1. The van der Waals surface area contributed by atoms with E-state index in [1.807, 2.05) is 12.1 Å². The Bertz CT molecular complexity index is 325. The zero-order chi connectivity index (χ0) is 9.26. The van der Waals surface area contributed by atoms with Gasteiger partial charge in [0, 0.05) is 11.8 Å². The Kier molecular flexibility index (Phi) is 2.18. The molecule has 0 aliphatic carbocycles. The minimum absolute atomic E-state index is 0.201. The van der Waals surface area contributed by atoms with E-state index in [1.165, 1.54) is 0 Å². The first-order valence-electron chi connectivity index (χ1n) is 3.81. The first-order valence-corrected chi connectivity index (χ1v) is 4.61. The average molecular weight is 243 g/mol. The second-order valence-corrected chi connectivity index (χ2v) is 3.50. The summed E-state index contributed by atoms with van der Waals surface area (Å²) >= 11 is 3.23. The van der Waals surface area contributed by atoms with Gasteiger partial charge in [-0.1, -0.05) is 6.07 Å². The largest absolute Gasteiger partial charge is 0.439 e. The van der Waals surface area contributed by atoms with Gasteiger partial charge in [0.1, 0.15) is 10.7 Å². The maximum Gasteiger partial charge on any atom is 0.407 e. The van der Waals surface area contributed by atoms with Crippen LogP contribution in [0, 0.1) is 0 Å². The van der Waals surface area contributed by atoms with Crippen LogP contribution < -0.4 is 5.32 Å². The third kappa shape index (κ3) is 1.80. The average Bonchev–Trinajstić information content (AvgIpc) is 2.53. The van der Waals surface area contributed by atoms with Gasteiger partial charge in [0.15, 0.2) is 0 Å². The molecule has 5 heteroatoms. The molecule has 0 spiro atoms. The van der Waals surface area contributed by atoms with Gasteiger partial charge in [0.2, 0.25) is 0 Å². The molecule has 0 bridgehead atoms. The topological polar surface area (TPSA) is 51.2 Å². The number of cyclic esters (lactones) is 1. The predicted octanol–water partition coefficient (Wildman–Crippen LogP) is 1.62. The first kappa shape index (κ1) is 8.50. The van der Waals surface area contributed by atoms with Crippen LogP contribution in [0.25, 0.3) is 0 Å². The van der Waals surface area contributed by atoms with Crippen molar-refractivity contribution in [3.63, 3.8) is 0 Å². The molecule has 1 aromatic heterocycles. The summed E-state index contributed by atoms with van der Waals surface area (Å²) in [7, 11) is 0. The van der Waals surface area contributed by atoms with Gasteiger partial charge in [-0.25, -0.2) is 9.78 Å². The highest BCUT2D eigenvalue weighted by Crippen LogP contribution is 2.20. The normalized spacial score (nSPS) is 21.0. The van der Waals surface area contributed by atoms with Crippen LogP contribution in [0.15, 0.2) is 22.9 Å². The second-order valence-electron chi connectivity index (χ2n) is 2.69. The number of carbonyl (C=O) groups is 1. The van der Waals surface area contributed by atoms with Gasteiger partial charge in [-0.15, -0.1) is 0 Å². The number of hydrogen-bond acceptors (Lipinski definition) is 3. The van der Waals surface area contributed by atoms with E-state index in [9.17, 15) is 4.79 Å². The third-order valence-electron chi connectivity index (χ3n) is 1.80. The summed E-state index contributed by atoms with van der Waals surface area (Å²) in [6.45, 7) is 0.516. The lowest BCUT2D eigenvalue weighted by Gasteiger charge is -2.06. The van der Waals surface area contributed by atoms with Crippen molar-refractivity contribution in [2.75, 3.05) is 6.54 Å². The van der Waals surface area contributed by atoms with Gasteiger partial charge in [-0.2, -0.15) is 0 Å². The van der Waals surface area contributed by atoms with Crippen molar-refractivity contribution in [3.05, 3.63) is 28.5 Å². The zero-order valence-electron chi connectivity index (χ0n) is 6.66. The Morgan fingerprint density at radius 1 is 1.62 bits per heavy atom. The van der Waals surface area contributed by atoms with Gasteiger partial charge in [0.25, 0.3) is 0 Å². The van der Waals surface area contributed by atoms with E-state index in [-0.39, 0.29) is 12.2 Å². The quantitative estimate of drug-likeness (QED) is 0.762. The number of halogens is 1. The molecule has 13 heavy (non-hydrogen) atoms. The molecule has 1 N–H and O–H groups in total. The highest BCUT2D eigenvalue weighted by molar-refractivity contribution is 9.10. The number of rotatable bonds is 1. The van der Waals surface area contributed by atoms with Crippen molar-refractivity contribution in [3.8, 4) is 0 Å². The van der Waals surface area contributed by atoms with Gasteiger partial charge >= 0.3 is 6.09 Å². The molecular formula is C8H7BrN2O2. The van der Waals surface area contributed by atoms with E-state index in [4.69, 9.17) is 4.74 Å². The van der Waals surface area contributed by atoms with Crippen LogP contribution in [0.2, 0.25) is 0 Å². The summed E-state index contributed by atoms with van der Waals surface area (Å²) in [5, 5.41) is 2.58. The molecule has 1 atom stereocenters. The third-order valence-corrected chi connectivity index (χ3v) is 2.27. The highest BCUT2D eigenvalue weighted by atomic mass is 79.9. The number of hydrogen-bond donors (Lipinski definition) is 1. The minimum Gasteiger partial charge on any atom is -0.439 e. The van der Waals surface area contributed by atoms with Crippen LogP contribution in [-0.2, 0) is 4.74 Å². The van der Waals surface area contributed by atoms with Crippen molar-refractivity contribution >= 4 is 22.0 Å². The molecule has 1 fully saturated rings. The van der Waals surface area contributed by atoms with Crippen LogP contribution in [-0.4, -0.2) is 17.6 Å². The summed E-state index contributed by atoms with van der Waals surface area (Å²) in [6.07, 6.45) is 1.12. The van der Waals surface area contributed by atoms with Gasteiger partial charge in [0.05, 0.1) is 6.54 Å². The fourth-order valence-electron chi connectivity index (χ4n) is 1.15. The Morgan fingerprint density at radius 2 is 2.46 bits per heavy atom. The summed E-state index contributed by atoms with van der Waals surface area (Å²) < 4.78 is 5.75. The van der Waals surface area contributed by atoms with Crippen LogP contribution in [0.4, 0.5) is 4.79 Å². The zero-order valence-corrected chi connectivity index (χ0v) is 8.24. The van der Waals surface area contributed by atoms with E-state index >= 15 is 0 Å². The fourth-order valence-corrected chi connectivity index (χ4v) is 1.39. The van der Waals surface area contributed by atoms with Gasteiger partial charge < -0.3 is 10.1 Å². The molecular weight excluding hydrogens is 236 g/mol. The lowest BCUT2D eigenvalue weighted by atomic mass is 10.2. The molecule has 1 amide bonds. The van der Waals surface area contributed by atoms with Crippen molar-refractivity contribution in [2.45, 2.75) is 6.10 Å². The van der Waals surface area contributed by atoms with E-state index < -0.39 is 0 Å². The number of nitrogens with one attached hydrogen (secondary N) is 1. The standard InChI is InChI=1S/C8H7BrN2O2/c9-7-2-1-5(3-10-7)6-4-11-8(12)13-6/h1-3,6H,4H2,(H,11,12). The molecule has 1 saturated heterocycles. The van der Waals surface area contributed by atoms with E-state index in [2.05, 4.69) is 26.2 Å². The number of amides is 1. The molecule has 68 valence electrons. The molecule has 1 aromatic rings. The fraction of sp³-hybridized carbons (Fsp3) is 0.250. The minimum atomic E-state index is -0.368. The number of ether oxygens (including phenoxy) is 1. The number of alkyl carbamates (subject to hydrolysis) is 1. The Labute approximate surface area is 83.4 Å². The molecule has 2 heterocycles. The maximum atomic E-state index is 10.7. The SMILES string of the molecule is O=C1NCC(c2ccc(Br)nc2)O1. The molecule has 0 aromatic carbocycles. The lowest BCUT2D eigenvalue weighted by Crippen LogP contribution is -2.12. The monoisotopic (exact) mass is 242 g/mol. The number of aromatic nitrogens is 1. The Hall–Kier alpha value is -1.10. The molecule has 0 radical (unpaired) electrons. The second kappa shape index (κ2) is 3.33. The smallest absolute Gasteiger partial charge is 0.407 e. The predicted molar refractivity (Wildman–Crippen MR) is 49.2 cm³/mol. The number of nitrogens with zero attached hydrogens (tertiary/aromatic N) is 1. The first-order chi connectivity index (χ1) is 6.25. The maximum absolute atomic E-state index is 10.7. The Morgan fingerprint density at radius 3 is 3.00 bits per heavy atom. The van der Waals surface area contributed by atoms with Gasteiger partial charge in [-0.05, 0) is 22.0 Å². The molecule has 2 rings (SSSR count). The van der Waals surface area contributed by atoms with E-state index in [0.29, 0.717) is 6.54 Å². The molecule has 1 aliphatic rings. The van der Waals surface area contributed by atoms with Crippen molar-refractivity contribution in [1.82, 2.24) is 10.3 Å². The van der Waals surface area contributed by atoms with Crippen molar-refractivity contribution in [2.24, 2.45) is 0 Å². The molecule has 1 unspecified atom stereocenters. The summed E-state index contributed by atoms with van der Waals surface area (Å²) in [5.74, 6) is 0. The van der Waals surface area contributed by atoms with E-state index in [0.717, 1.165) is 10.2 Å². The summed E-state index contributed by atoms with van der Waals surface area (Å²) in [6, 6.07) is 3.70. The Balaban J connectivity index is 2.17. The van der Waals surface area contributed by atoms with Gasteiger partial charge in [-0.3, -0.25) is 0 Å². The van der Waals surface area contributed by atoms with Crippen LogP contribution in [0.1, 0.15) is 11.7 Å². The summed E-state index contributed by atoms with van der Waals surface area (Å²) in [4.78, 5) is 14.8. The van der Waals surface area contributed by atoms with Crippen molar-refractivity contribution < 1.29 is 9.53 Å². The van der Waals surface area contributed by atoms with Crippen LogP contribution >= 0.6 is 15.9 Å². The molecule has 1 aliphatic heterocycles. The number of carbonyl (C=O) groups excluding carboxylic acids is 1. The van der Waals surface area contributed by atoms with Crippen LogP contribution in [0.3, 0.4) is 0 Å². The lowest BCUT2D eigenvalue weighted by molar-refractivity contribution is 0.141. The molecule has 0 saturated carbocycles. The van der Waals surface area contributed by atoms with Crippen LogP contribution in [0.5, 0.6) is 0 Å².